The van der Waals surface area contributed by atoms with Crippen molar-refractivity contribution < 1.29 is 9.47 Å². The summed E-state index contributed by atoms with van der Waals surface area (Å²) in [5.74, 6) is 0. The first-order valence-electron chi connectivity index (χ1n) is 5.87. The minimum absolute atomic E-state index is 0.00541. The van der Waals surface area contributed by atoms with Crippen LogP contribution in [-0.4, -0.2) is 18.0 Å². The maximum atomic E-state index is 5.87. The molecule has 1 saturated heterocycles. The van der Waals surface area contributed by atoms with Crippen LogP contribution in [-0.2, 0) is 9.47 Å². The molecule has 2 atom stereocenters. The molecular weight excluding hydrogens is 176 g/mol. The van der Waals surface area contributed by atoms with E-state index in [1.165, 1.54) is 19.3 Å². The second kappa shape index (κ2) is 5.13. The fourth-order valence-corrected chi connectivity index (χ4v) is 2.12. The first kappa shape index (κ1) is 12.0. The molecule has 0 N–H and O–H groups in total. The van der Waals surface area contributed by atoms with Crippen LogP contribution in [0.4, 0.5) is 0 Å². The topological polar surface area (TPSA) is 18.5 Å². The van der Waals surface area contributed by atoms with Crippen LogP contribution in [0.1, 0.15) is 59.8 Å². The van der Waals surface area contributed by atoms with E-state index >= 15 is 0 Å². The van der Waals surface area contributed by atoms with Crippen LogP contribution in [0.3, 0.4) is 0 Å². The molecule has 0 spiro atoms. The largest absolute Gasteiger partial charge is 0.350 e. The molecule has 2 nitrogen and oxygen atoms in total. The van der Waals surface area contributed by atoms with Crippen LogP contribution in [0.15, 0.2) is 0 Å². The smallest absolute Gasteiger partial charge is 0.158 e. The standard InChI is InChI=1S/C12H24O2/c1-5-6-7-8-11-13-10(2)9-12(3,4)14-11/h10-11H,5-9H2,1-4H3. The summed E-state index contributed by atoms with van der Waals surface area (Å²) in [4.78, 5) is 0. The molecule has 2 heteroatoms. The molecule has 0 aromatic heterocycles. The first-order chi connectivity index (χ1) is 6.53. The highest BCUT2D eigenvalue weighted by atomic mass is 16.7. The predicted molar refractivity (Wildman–Crippen MR) is 58.3 cm³/mol. The summed E-state index contributed by atoms with van der Waals surface area (Å²) < 4.78 is 11.6. The molecule has 84 valence electrons. The van der Waals surface area contributed by atoms with E-state index in [0.29, 0.717) is 6.10 Å². The molecule has 0 aliphatic carbocycles. The van der Waals surface area contributed by atoms with Gasteiger partial charge in [-0.1, -0.05) is 19.8 Å². The van der Waals surface area contributed by atoms with Crippen molar-refractivity contribution in [1.82, 2.24) is 0 Å². The molecule has 0 aromatic carbocycles. The van der Waals surface area contributed by atoms with Gasteiger partial charge in [-0.2, -0.15) is 0 Å². The molecule has 1 aliphatic rings. The third-order valence-electron chi connectivity index (χ3n) is 2.66. The van der Waals surface area contributed by atoms with Gasteiger partial charge in [0, 0.05) is 6.42 Å². The van der Waals surface area contributed by atoms with Gasteiger partial charge in [-0.15, -0.1) is 0 Å². The summed E-state index contributed by atoms with van der Waals surface area (Å²) in [5, 5.41) is 0. The highest BCUT2D eigenvalue weighted by Gasteiger charge is 2.32. The van der Waals surface area contributed by atoms with Gasteiger partial charge in [-0.25, -0.2) is 0 Å². The highest BCUT2D eigenvalue weighted by Crippen LogP contribution is 2.29. The molecule has 1 heterocycles. The monoisotopic (exact) mass is 200 g/mol. The average Bonchev–Trinajstić information content (AvgIpc) is 2.00. The Bertz CT molecular complexity index is 166. The van der Waals surface area contributed by atoms with E-state index in [-0.39, 0.29) is 11.9 Å². The van der Waals surface area contributed by atoms with Crippen molar-refractivity contribution in [3.63, 3.8) is 0 Å². The zero-order valence-corrected chi connectivity index (χ0v) is 10.0. The molecule has 0 saturated carbocycles. The normalized spacial score (nSPS) is 31.7. The summed E-state index contributed by atoms with van der Waals surface area (Å²) >= 11 is 0. The van der Waals surface area contributed by atoms with Crippen LogP contribution in [0.5, 0.6) is 0 Å². The maximum absolute atomic E-state index is 5.87. The average molecular weight is 200 g/mol. The SMILES string of the molecule is CCCCCC1OC(C)CC(C)(C)O1. The van der Waals surface area contributed by atoms with Crippen LogP contribution in [0, 0.1) is 0 Å². The Labute approximate surface area is 88.0 Å². The first-order valence-corrected chi connectivity index (χ1v) is 5.87. The Morgan fingerprint density at radius 1 is 1.29 bits per heavy atom. The number of hydrogen-bond acceptors (Lipinski definition) is 2. The van der Waals surface area contributed by atoms with Crippen molar-refractivity contribution in [3.8, 4) is 0 Å². The molecule has 14 heavy (non-hydrogen) atoms. The molecule has 0 aromatic rings. The Morgan fingerprint density at radius 3 is 2.57 bits per heavy atom. The fourth-order valence-electron chi connectivity index (χ4n) is 2.12. The third kappa shape index (κ3) is 3.97. The van der Waals surface area contributed by atoms with Gasteiger partial charge in [0.05, 0.1) is 11.7 Å². The summed E-state index contributed by atoms with van der Waals surface area (Å²) in [6, 6.07) is 0. The van der Waals surface area contributed by atoms with E-state index in [9.17, 15) is 0 Å². The lowest BCUT2D eigenvalue weighted by atomic mass is 9.99. The van der Waals surface area contributed by atoms with Gasteiger partial charge in [0.15, 0.2) is 6.29 Å². The Morgan fingerprint density at radius 2 is 2.00 bits per heavy atom. The number of rotatable bonds is 4. The third-order valence-corrected chi connectivity index (χ3v) is 2.66. The van der Waals surface area contributed by atoms with Gasteiger partial charge in [0.2, 0.25) is 0 Å². The lowest BCUT2D eigenvalue weighted by Gasteiger charge is -2.39. The quantitative estimate of drug-likeness (QED) is 0.647. The molecule has 1 fully saturated rings. The zero-order chi connectivity index (χ0) is 10.6. The van der Waals surface area contributed by atoms with Gasteiger partial charge in [-0.05, 0) is 33.6 Å². The van der Waals surface area contributed by atoms with Crippen LogP contribution < -0.4 is 0 Å². The Kier molecular flexibility index (Phi) is 4.39. The van der Waals surface area contributed by atoms with Crippen molar-refractivity contribution in [1.29, 1.82) is 0 Å². The van der Waals surface area contributed by atoms with Gasteiger partial charge in [-0.3, -0.25) is 0 Å². The van der Waals surface area contributed by atoms with Crippen molar-refractivity contribution in [3.05, 3.63) is 0 Å². The van der Waals surface area contributed by atoms with Crippen molar-refractivity contribution >= 4 is 0 Å². The van der Waals surface area contributed by atoms with Gasteiger partial charge < -0.3 is 9.47 Å². The summed E-state index contributed by atoms with van der Waals surface area (Å²) in [6.07, 6.45) is 6.15. The van der Waals surface area contributed by atoms with Gasteiger partial charge >= 0.3 is 0 Å². The lowest BCUT2D eigenvalue weighted by molar-refractivity contribution is -0.270. The zero-order valence-electron chi connectivity index (χ0n) is 10.0. The minimum Gasteiger partial charge on any atom is -0.350 e. The van der Waals surface area contributed by atoms with Crippen molar-refractivity contribution in [2.24, 2.45) is 0 Å². The van der Waals surface area contributed by atoms with E-state index in [2.05, 4.69) is 27.7 Å². The number of ether oxygens (including phenoxy) is 2. The van der Waals surface area contributed by atoms with Crippen molar-refractivity contribution in [2.45, 2.75) is 77.8 Å². The summed E-state index contributed by atoms with van der Waals surface area (Å²) in [7, 11) is 0. The molecule has 0 bridgehead atoms. The van der Waals surface area contributed by atoms with E-state index < -0.39 is 0 Å². The van der Waals surface area contributed by atoms with Gasteiger partial charge in [0.1, 0.15) is 0 Å². The highest BCUT2D eigenvalue weighted by molar-refractivity contribution is 4.77. The Hall–Kier alpha value is -0.0800. The number of hydrogen-bond donors (Lipinski definition) is 0. The van der Waals surface area contributed by atoms with Gasteiger partial charge in [0.25, 0.3) is 0 Å². The van der Waals surface area contributed by atoms with Crippen molar-refractivity contribution in [2.75, 3.05) is 0 Å². The second-order valence-corrected chi connectivity index (χ2v) is 4.95. The molecule has 2 unspecified atom stereocenters. The maximum Gasteiger partial charge on any atom is 0.158 e. The summed E-state index contributed by atoms with van der Waals surface area (Å²) in [6.45, 7) is 8.66. The second-order valence-electron chi connectivity index (χ2n) is 4.95. The Balaban J connectivity index is 2.30. The molecule has 0 amide bonds. The predicted octanol–water partition coefficient (Wildman–Crippen LogP) is 3.50. The van der Waals surface area contributed by atoms with E-state index in [0.717, 1.165) is 12.8 Å². The van der Waals surface area contributed by atoms with Crippen LogP contribution in [0.25, 0.3) is 0 Å². The molecule has 1 aliphatic heterocycles. The number of unbranched alkanes of at least 4 members (excludes halogenated alkanes) is 2. The fraction of sp³-hybridized carbons (Fsp3) is 1.00. The molecule has 1 rings (SSSR count). The van der Waals surface area contributed by atoms with Crippen LogP contribution in [0.2, 0.25) is 0 Å². The lowest BCUT2D eigenvalue weighted by Crippen LogP contribution is -2.42. The minimum atomic E-state index is -0.00541. The van der Waals surface area contributed by atoms with E-state index in [1.807, 2.05) is 0 Å². The molecule has 0 radical (unpaired) electrons. The molecular formula is C12H24O2. The summed E-state index contributed by atoms with van der Waals surface area (Å²) in [5.41, 5.74) is -0.00541. The van der Waals surface area contributed by atoms with E-state index in [4.69, 9.17) is 9.47 Å². The van der Waals surface area contributed by atoms with E-state index in [1.54, 1.807) is 0 Å². The van der Waals surface area contributed by atoms with Crippen LogP contribution >= 0.6 is 0 Å².